The quantitative estimate of drug-likeness (QED) is 0.770. The van der Waals surface area contributed by atoms with Gasteiger partial charge in [0.1, 0.15) is 12.8 Å². The number of benzene rings is 1. The number of pyridine rings is 1. The largest absolute Gasteiger partial charge is 0.253 e. The van der Waals surface area contributed by atoms with Gasteiger partial charge in [0.05, 0.1) is 5.52 Å². The number of aromatic nitrogens is 1. The van der Waals surface area contributed by atoms with Gasteiger partial charge in [0.2, 0.25) is 0 Å². The van der Waals surface area contributed by atoms with E-state index in [0.29, 0.717) is 6.42 Å². The Bertz CT molecular complexity index is 470. The maximum Gasteiger partial charge on any atom is 0.129 e. The Labute approximate surface area is 93.1 Å². The Hall–Kier alpha value is -1.51. The van der Waals surface area contributed by atoms with Gasteiger partial charge in [0, 0.05) is 11.1 Å². The van der Waals surface area contributed by atoms with Gasteiger partial charge in [-0.15, -0.1) is 0 Å². The van der Waals surface area contributed by atoms with Crippen LogP contribution in [0.15, 0.2) is 36.4 Å². The smallest absolute Gasteiger partial charge is 0.129 e. The van der Waals surface area contributed by atoms with E-state index in [1.54, 1.807) is 0 Å². The summed E-state index contributed by atoms with van der Waals surface area (Å²) >= 11 is 0. The van der Waals surface area contributed by atoms with Crippen LogP contribution in [-0.4, -0.2) is 17.8 Å². The summed E-state index contributed by atoms with van der Waals surface area (Å²) in [7, 11) is 0. The summed E-state index contributed by atoms with van der Waals surface area (Å²) in [6.07, 6.45) is -0.689. The van der Waals surface area contributed by atoms with Crippen molar-refractivity contribution >= 4 is 10.9 Å². The summed E-state index contributed by atoms with van der Waals surface area (Å²) in [6.45, 7) is -0.909. The van der Waals surface area contributed by atoms with Crippen molar-refractivity contribution < 1.29 is 8.78 Å². The average molecular weight is 221 g/mol. The second-order valence-corrected chi connectivity index (χ2v) is 3.79. The van der Waals surface area contributed by atoms with Crippen LogP contribution in [0.25, 0.3) is 10.9 Å². The van der Waals surface area contributed by atoms with Crippen molar-refractivity contribution in [3.05, 3.63) is 42.1 Å². The second kappa shape index (κ2) is 5.01. The van der Waals surface area contributed by atoms with Crippen molar-refractivity contribution in [2.75, 3.05) is 6.67 Å². The number of hydrogen-bond donors (Lipinski definition) is 0. The standard InChI is InChI=1S/C13H13F2N/c14-9-11(15)6-8-12-7-5-10-3-1-2-4-13(10)16-12/h1-5,7,11H,6,8-9H2. The van der Waals surface area contributed by atoms with Gasteiger partial charge in [0.15, 0.2) is 0 Å². The van der Waals surface area contributed by atoms with Gasteiger partial charge in [-0.05, 0) is 25.0 Å². The average Bonchev–Trinajstić information content (AvgIpc) is 2.35. The molecule has 0 aliphatic heterocycles. The molecule has 0 aliphatic rings. The molecule has 1 aromatic heterocycles. The van der Waals surface area contributed by atoms with Crippen LogP contribution in [0.1, 0.15) is 12.1 Å². The van der Waals surface area contributed by atoms with Crippen LogP contribution in [0.2, 0.25) is 0 Å². The highest BCUT2D eigenvalue weighted by molar-refractivity contribution is 5.78. The van der Waals surface area contributed by atoms with E-state index in [1.807, 2.05) is 36.4 Å². The van der Waals surface area contributed by atoms with Gasteiger partial charge >= 0.3 is 0 Å². The lowest BCUT2D eigenvalue weighted by Gasteiger charge is -2.04. The number of rotatable bonds is 4. The predicted molar refractivity (Wildman–Crippen MR) is 60.9 cm³/mol. The molecule has 0 saturated heterocycles. The summed E-state index contributed by atoms with van der Waals surface area (Å²) in [5, 5.41) is 1.06. The van der Waals surface area contributed by atoms with Gasteiger partial charge in [0.25, 0.3) is 0 Å². The first-order chi connectivity index (χ1) is 7.79. The third-order valence-corrected chi connectivity index (χ3v) is 2.54. The Balaban J connectivity index is 2.13. The summed E-state index contributed by atoms with van der Waals surface area (Å²) in [6, 6.07) is 11.6. The predicted octanol–water partition coefficient (Wildman–Crippen LogP) is 3.48. The SMILES string of the molecule is FCC(F)CCc1ccc2ccccc2n1. The molecule has 1 aromatic carbocycles. The normalized spacial score (nSPS) is 12.9. The highest BCUT2D eigenvalue weighted by Crippen LogP contribution is 2.13. The molecule has 0 fully saturated rings. The van der Waals surface area contributed by atoms with Crippen molar-refractivity contribution in [3.63, 3.8) is 0 Å². The van der Waals surface area contributed by atoms with Gasteiger partial charge in [-0.25, -0.2) is 8.78 Å². The molecule has 3 heteroatoms. The highest BCUT2D eigenvalue weighted by atomic mass is 19.2. The molecule has 0 N–H and O–H groups in total. The molecule has 1 unspecified atom stereocenters. The highest BCUT2D eigenvalue weighted by Gasteiger charge is 2.06. The number of alkyl halides is 2. The zero-order valence-electron chi connectivity index (χ0n) is 8.87. The van der Waals surface area contributed by atoms with E-state index in [1.165, 1.54) is 0 Å². The lowest BCUT2D eigenvalue weighted by molar-refractivity contribution is 0.247. The first-order valence-corrected chi connectivity index (χ1v) is 5.34. The van der Waals surface area contributed by atoms with Crippen LogP contribution in [0, 0.1) is 0 Å². The third kappa shape index (κ3) is 2.54. The van der Waals surface area contributed by atoms with E-state index in [4.69, 9.17) is 0 Å². The summed E-state index contributed by atoms with van der Waals surface area (Å²) < 4.78 is 24.7. The maximum atomic E-state index is 12.7. The first kappa shape index (κ1) is 11.0. The third-order valence-electron chi connectivity index (χ3n) is 2.54. The van der Waals surface area contributed by atoms with Crippen molar-refractivity contribution in [2.45, 2.75) is 19.0 Å². The minimum Gasteiger partial charge on any atom is -0.253 e. The van der Waals surface area contributed by atoms with Crippen LogP contribution < -0.4 is 0 Å². The zero-order valence-corrected chi connectivity index (χ0v) is 8.87. The molecule has 0 bridgehead atoms. The molecule has 2 rings (SSSR count). The molecule has 0 radical (unpaired) electrons. The molecule has 0 aliphatic carbocycles. The lowest BCUT2D eigenvalue weighted by Crippen LogP contribution is -2.04. The van der Waals surface area contributed by atoms with Gasteiger partial charge in [-0.2, -0.15) is 0 Å². The molecular weight excluding hydrogens is 208 g/mol. The fraction of sp³-hybridized carbons (Fsp3) is 0.308. The number of para-hydroxylation sites is 1. The Morgan fingerprint density at radius 2 is 1.94 bits per heavy atom. The topological polar surface area (TPSA) is 12.9 Å². The molecule has 2 aromatic rings. The van der Waals surface area contributed by atoms with E-state index >= 15 is 0 Å². The molecule has 84 valence electrons. The fourth-order valence-electron chi connectivity index (χ4n) is 1.63. The van der Waals surface area contributed by atoms with Crippen LogP contribution in [0.3, 0.4) is 0 Å². The van der Waals surface area contributed by atoms with E-state index < -0.39 is 12.8 Å². The fourth-order valence-corrected chi connectivity index (χ4v) is 1.63. The van der Waals surface area contributed by atoms with E-state index in [9.17, 15) is 8.78 Å². The van der Waals surface area contributed by atoms with Gasteiger partial charge in [-0.1, -0.05) is 24.3 Å². The van der Waals surface area contributed by atoms with E-state index in [2.05, 4.69) is 4.98 Å². The molecule has 1 nitrogen and oxygen atoms in total. The van der Waals surface area contributed by atoms with Gasteiger partial charge < -0.3 is 0 Å². The van der Waals surface area contributed by atoms with Crippen molar-refractivity contribution in [2.24, 2.45) is 0 Å². The van der Waals surface area contributed by atoms with Crippen molar-refractivity contribution in [1.29, 1.82) is 0 Å². The summed E-state index contributed by atoms with van der Waals surface area (Å²) in [4.78, 5) is 4.39. The monoisotopic (exact) mass is 221 g/mol. The Morgan fingerprint density at radius 1 is 1.12 bits per heavy atom. The maximum absolute atomic E-state index is 12.7. The van der Waals surface area contributed by atoms with Gasteiger partial charge in [-0.3, -0.25) is 4.98 Å². The lowest BCUT2D eigenvalue weighted by atomic mass is 10.1. The number of aryl methyl sites for hydroxylation is 1. The molecule has 16 heavy (non-hydrogen) atoms. The van der Waals surface area contributed by atoms with E-state index in [0.717, 1.165) is 16.6 Å². The van der Waals surface area contributed by atoms with Crippen molar-refractivity contribution in [3.8, 4) is 0 Å². The minimum atomic E-state index is -1.37. The minimum absolute atomic E-state index is 0.196. The van der Waals surface area contributed by atoms with Crippen LogP contribution in [0.4, 0.5) is 8.78 Å². The summed E-state index contributed by atoms with van der Waals surface area (Å²) in [5.74, 6) is 0. The molecule has 1 heterocycles. The Morgan fingerprint density at radius 3 is 2.75 bits per heavy atom. The van der Waals surface area contributed by atoms with Crippen molar-refractivity contribution in [1.82, 2.24) is 4.98 Å². The van der Waals surface area contributed by atoms with Crippen LogP contribution >= 0.6 is 0 Å². The summed E-state index contributed by atoms with van der Waals surface area (Å²) in [5.41, 5.74) is 1.71. The zero-order chi connectivity index (χ0) is 11.4. The number of hydrogen-bond acceptors (Lipinski definition) is 1. The molecule has 0 amide bonds. The van der Waals surface area contributed by atoms with E-state index in [-0.39, 0.29) is 6.42 Å². The number of nitrogens with zero attached hydrogens (tertiary/aromatic N) is 1. The number of halogens is 2. The Kier molecular flexibility index (Phi) is 3.44. The molecular formula is C13H13F2N. The second-order valence-electron chi connectivity index (χ2n) is 3.79. The number of fused-ring (bicyclic) bond motifs is 1. The van der Waals surface area contributed by atoms with Crippen LogP contribution in [0.5, 0.6) is 0 Å². The molecule has 1 atom stereocenters. The first-order valence-electron chi connectivity index (χ1n) is 5.34. The molecule has 0 spiro atoms. The molecule has 0 saturated carbocycles. The van der Waals surface area contributed by atoms with Crippen LogP contribution in [-0.2, 0) is 6.42 Å².